The number of allylic oxidation sites excluding steroid dienone is 4. The number of Topliss-reactive ketones (excluding diaryl/α,β-unsaturated/α-hetero) is 1. The van der Waals surface area contributed by atoms with E-state index >= 15 is 0 Å². The Balaban J connectivity index is 2.17. The second-order valence-corrected chi connectivity index (χ2v) is 3.66. The summed E-state index contributed by atoms with van der Waals surface area (Å²) in [5.74, 6) is 0.636. The van der Waals surface area contributed by atoms with Gasteiger partial charge in [0.05, 0.1) is 6.54 Å². The highest BCUT2D eigenvalue weighted by atomic mass is 16.3. The number of carbonyl (C=O) groups is 1. The molecule has 0 aliphatic carbocycles. The second kappa shape index (κ2) is 2.05. The van der Waals surface area contributed by atoms with E-state index in [1.54, 1.807) is 12.2 Å². The molecule has 1 atom stereocenters. The number of carbonyl (C=O) groups excluding carboxylic acids is 1. The minimum Gasteiger partial charge on any atom is -0.508 e. The standard InChI is InChI=1S/C10H9NO2/c12-9-3-7-1-6-2-8(4-9)11(7)5-10(6)13/h1,3-4,6,12H,2,5H2. The summed E-state index contributed by atoms with van der Waals surface area (Å²) in [6.07, 6.45) is 6.15. The summed E-state index contributed by atoms with van der Waals surface area (Å²) in [5, 5.41) is 9.34. The molecule has 0 amide bonds. The Morgan fingerprint density at radius 2 is 2.31 bits per heavy atom. The molecule has 4 rings (SSSR count). The highest BCUT2D eigenvalue weighted by Crippen LogP contribution is 2.38. The van der Waals surface area contributed by atoms with E-state index in [-0.39, 0.29) is 11.7 Å². The van der Waals surface area contributed by atoms with Crippen LogP contribution in [0.3, 0.4) is 0 Å². The van der Waals surface area contributed by atoms with Crippen molar-refractivity contribution in [3.05, 3.63) is 35.4 Å². The predicted molar refractivity (Wildman–Crippen MR) is 46.7 cm³/mol. The van der Waals surface area contributed by atoms with Crippen molar-refractivity contribution in [3.63, 3.8) is 0 Å². The van der Waals surface area contributed by atoms with Crippen molar-refractivity contribution in [3.8, 4) is 0 Å². The lowest BCUT2D eigenvalue weighted by molar-refractivity contribution is -0.124. The maximum atomic E-state index is 11.4. The summed E-state index contributed by atoms with van der Waals surface area (Å²) in [7, 11) is 0. The molecule has 0 radical (unpaired) electrons. The van der Waals surface area contributed by atoms with Crippen molar-refractivity contribution in [2.45, 2.75) is 6.42 Å². The fraction of sp³-hybridized carbons (Fsp3) is 0.300. The Morgan fingerprint density at radius 3 is 3.00 bits per heavy atom. The van der Waals surface area contributed by atoms with Crippen LogP contribution in [-0.4, -0.2) is 22.3 Å². The molecule has 1 fully saturated rings. The van der Waals surface area contributed by atoms with E-state index in [0.29, 0.717) is 12.3 Å². The molecular formula is C10H9NO2. The smallest absolute Gasteiger partial charge is 0.159 e. The third-order valence-corrected chi connectivity index (χ3v) is 2.80. The highest BCUT2D eigenvalue weighted by molar-refractivity contribution is 5.88. The van der Waals surface area contributed by atoms with E-state index < -0.39 is 0 Å². The summed E-state index contributed by atoms with van der Waals surface area (Å²) < 4.78 is 0. The maximum Gasteiger partial charge on any atom is 0.159 e. The molecule has 13 heavy (non-hydrogen) atoms. The van der Waals surface area contributed by atoms with Crippen molar-refractivity contribution < 1.29 is 9.90 Å². The first-order chi connectivity index (χ1) is 6.24. The lowest BCUT2D eigenvalue weighted by atomic mass is 9.85. The molecule has 3 nitrogen and oxygen atoms in total. The lowest BCUT2D eigenvalue weighted by Gasteiger charge is -2.41. The third kappa shape index (κ3) is 0.813. The fourth-order valence-electron chi connectivity index (χ4n) is 2.16. The second-order valence-electron chi connectivity index (χ2n) is 3.66. The number of nitrogens with zero attached hydrogens (tertiary/aromatic N) is 1. The zero-order valence-electron chi connectivity index (χ0n) is 7.03. The molecule has 4 bridgehead atoms. The molecule has 4 aliphatic rings. The number of aliphatic hydroxyl groups excluding tert-OH is 1. The lowest BCUT2D eigenvalue weighted by Crippen LogP contribution is -2.43. The van der Waals surface area contributed by atoms with Gasteiger partial charge in [0.1, 0.15) is 5.76 Å². The Kier molecular flexibility index (Phi) is 1.09. The van der Waals surface area contributed by atoms with Crippen LogP contribution in [0.1, 0.15) is 6.42 Å². The van der Waals surface area contributed by atoms with E-state index in [0.717, 1.165) is 17.8 Å². The monoisotopic (exact) mass is 175 g/mol. The van der Waals surface area contributed by atoms with Gasteiger partial charge in [-0.25, -0.2) is 0 Å². The van der Waals surface area contributed by atoms with Gasteiger partial charge in [-0.2, -0.15) is 0 Å². The zero-order valence-corrected chi connectivity index (χ0v) is 7.03. The Morgan fingerprint density at radius 1 is 1.46 bits per heavy atom. The summed E-state index contributed by atoms with van der Waals surface area (Å²) in [6.45, 7) is 0.478. The summed E-state index contributed by atoms with van der Waals surface area (Å²) in [5.41, 5.74) is 2.05. The number of aliphatic hydroxyl groups is 1. The Bertz CT molecular complexity index is 390. The molecule has 0 aromatic rings. The molecular weight excluding hydrogens is 166 g/mol. The first kappa shape index (κ1) is 6.95. The van der Waals surface area contributed by atoms with Crippen LogP contribution in [0.5, 0.6) is 0 Å². The summed E-state index contributed by atoms with van der Waals surface area (Å²) >= 11 is 0. The normalized spacial score (nSPS) is 29.8. The average Bonchev–Trinajstić information content (AvgIpc) is 2.04. The molecule has 0 aromatic heterocycles. The molecule has 0 aromatic carbocycles. The van der Waals surface area contributed by atoms with Crippen molar-refractivity contribution in [1.82, 2.24) is 4.90 Å². The van der Waals surface area contributed by atoms with Crippen LogP contribution in [-0.2, 0) is 4.79 Å². The van der Waals surface area contributed by atoms with Gasteiger partial charge in [0.2, 0.25) is 0 Å². The van der Waals surface area contributed by atoms with Crippen LogP contribution >= 0.6 is 0 Å². The number of fused-ring (bicyclic) bond motifs is 1. The number of ketones is 1. The van der Waals surface area contributed by atoms with Gasteiger partial charge >= 0.3 is 0 Å². The van der Waals surface area contributed by atoms with Crippen LogP contribution < -0.4 is 0 Å². The van der Waals surface area contributed by atoms with Gasteiger partial charge in [-0.1, -0.05) is 0 Å². The molecule has 3 heteroatoms. The van der Waals surface area contributed by atoms with Crippen molar-refractivity contribution in [1.29, 1.82) is 0 Å². The van der Waals surface area contributed by atoms with Crippen LogP contribution in [0.15, 0.2) is 35.4 Å². The Hall–Kier alpha value is -1.51. The zero-order chi connectivity index (χ0) is 9.00. The number of piperidine rings is 1. The largest absolute Gasteiger partial charge is 0.508 e. The van der Waals surface area contributed by atoms with Crippen molar-refractivity contribution in [2.75, 3.05) is 6.54 Å². The van der Waals surface area contributed by atoms with Gasteiger partial charge in [-0.15, -0.1) is 0 Å². The van der Waals surface area contributed by atoms with E-state index in [9.17, 15) is 9.90 Å². The van der Waals surface area contributed by atoms with Gasteiger partial charge in [0.25, 0.3) is 0 Å². The van der Waals surface area contributed by atoms with E-state index in [1.165, 1.54) is 0 Å². The summed E-state index contributed by atoms with van der Waals surface area (Å²) in [4.78, 5) is 13.3. The van der Waals surface area contributed by atoms with Gasteiger partial charge in [0, 0.05) is 29.8 Å². The van der Waals surface area contributed by atoms with Crippen molar-refractivity contribution in [2.24, 2.45) is 5.92 Å². The quantitative estimate of drug-likeness (QED) is 0.599. The number of hydrogen-bond acceptors (Lipinski definition) is 3. The minimum absolute atomic E-state index is 0.0515. The topological polar surface area (TPSA) is 40.5 Å². The third-order valence-electron chi connectivity index (χ3n) is 2.80. The van der Waals surface area contributed by atoms with Crippen LogP contribution in [0.4, 0.5) is 0 Å². The molecule has 66 valence electrons. The fourth-order valence-corrected chi connectivity index (χ4v) is 2.16. The van der Waals surface area contributed by atoms with Gasteiger partial charge in [0.15, 0.2) is 5.78 Å². The molecule has 4 heterocycles. The maximum absolute atomic E-state index is 11.4. The Labute approximate surface area is 75.7 Å². The van der Waals surface area contributed by atoms with E-state index in [2.05, 4.69) is 0 Å². The predicted octanol–water partition coefficient (Wildman–Crippen LogP) is 1.11. The van der Waals surface area contributed by atoms with E-state index in [4.69, 9.17) is 0 Å². The molecule has 4 aliphatic heterocycles. The average molecular weight is 175 g/mol. The molecule has 1 saturated heterocycles. The summed E-state index contributed by atoms with van der Waals surface area (Å²) in [6, 6.07) is 0. The number of hydrogen-bond donors (Lipinski definition) is 1. The number of rotatable bonds is 0. The first-order valence-electron chi connectivity index (χ1n) is 4.37. The van der Waals surface area contributed by atoms with Crippen LogP contribution in [0.25, 0.3) is 0 Å². The highest BCUT2D eigenvalue weighted by Gasteiger charge is 2.36. The van der Waals surface area contributed by atoms with Gasteiger partial charge in [-0.05, 0) is 12.2 Å². The van der Waals surface area contributed by atoms with Gasteiger partial charge in [-0.3, -0.25) is 4.79 Å². The van der Waals surface area contributed by atoms with Gasteiger partial charge < -0.3 is 10.0 Å². The SMILES string of the molecule is O=C1CN2C3=CC1CC2=CC(O)=C3. The molecule has 1 unspecified atom stereocenters. The molecule has 0 spiro atoms. The first-order valence-corrected chi connectivity index (χ1v) is 4.37. The molecule has 1 N–H and O–H groups in total. The minimum atomic E-state index is 0.0515. The van der Waals surface area contributed by atoms with E-state index in [1.807, 2.05) is 11.0 Å². The van der Waals surface area contributed by atoms with Crippen LogP contribution in [0.2, 0.25) is 0 Å². The van der Waals surface area contributed by atoms with Crippen LogP contribution in [0, 0.1) is 5.92 Å². The van der Waals surface area contributed by atoms with Crippen molar-refractivity contribution >= 4 is 5.78 Å². The molecule has 0 saturated carbocycles.